The standard InChI is InChI=1S/C12H24N4O2S/c1-5-11(6-2)15-19(17,18)12-9(3)14-16(8-7-13)10(12)4/h11,15H,5-8,13H2,1-4H3. The van der Waals surface area contributed by atoms with Crippen molar-refractivity contribution in [2.24, 2.45) is 5.73 Å². The first-order valence-corrected chi connectivity index (χ1v) is 8.12. The van der Waals surface area contributed by atoms with Crippen molar-refractivity contribution in [2.45, 2.75) is 58.0 Å². The fraction of sp³-hybridized carbons (Fsp3) is 0.750. The number of sulfonamides is 1. The van der Waals surface area contributed by atoms with Gasteiger partial charge in [0.25, 0.3) is 0 Å². The van der Waals surface area contributed by atoms with Gasteiger partial charge in [-0.15, -0.1) is 0 Å². The van der Waals surface area contributed by atoms with E-state index in [0.29, 0.717) is 24.5 Å². The Morgan fingerprint density at radius 3 is 2.37 bits per heavy atom. The third-order valence-electron chi connectivity index (χ3n) is 3.23. The number of nitrogens with one attached hydrogen (secondary N) is 1. The van der Waals surface area contributed by atoms with Crippen LogP contribution in [0.2, 0.25) is 0 Å². The van der Waals surface area contributed by atoms with Gasteiger partial charge in [0.05, 0.1) is 17.9 Å². The van der Waals surface area contributed by atoms with Crippen molar-refractivity contribution < 1.29 is 8.42 Å². The molecule has 19 heavy (non-hydrogen) atoms. The maximum Gasteiger partial charge on any atom is 0.244 e. The van der Waals surface area contributed by atoms with E-state index in [1.54, 1.807) is 18.5 Å². The molecule has 1 aromatic rings. The van der Waals surface area contributed by atoms with Crippen molar-refractivity contribution in [3.63, 3.8) is 0 Å². The van der Waals surface area contributed by atoms with E-state index in [9.17, 15) is 8.42 Å². The van der Waals surface area contributed by atoms with Crippen LogP contribution in [0, 0.1) is 13.8 Å². The molecule has 0 spiro atoms. The number of aryl methyl sites for hydroxylation is 1. The number of hydrogen-bond donors (Lipinski definition) is 2. The first-order valence-electron chi connectivity index (χ1n) is 6.63. The van der Waals surface area contributed by atoms with E-state index in [-0.39, 0.29) is 10.9 Å². The Morgan fingerprint density at radius 2 is 1.89 bits per heavy atom. The summed E-state index contributed by atoms with van der Waals surface area (Å²) in [4.78, 5) is 0.285. The van der Waals surface area contributed by atoms with Gasteiger partial charge in [0.2, 0.25) is 10.0 Å². The lowest BCUT2D eigenvalue weighted by Crippen LogP contribution is -2.34. The van der Waals surface area contributed by atoms with Crippen LogP contribution >= 0.6 is 0 Å². The number of hydrogen-bond acceptors (Lipinski definition) is 4. The second-order valence-electron chi connectivity index (χ2n) is 4.65. The quantitative estimate of drug-likeness (QED) is 0.781. The van der Waals surface area contributed by atoms with Crippen LogP contribution in [-0.2, 0) is 16.6 Å². The first-order chi connectivity index (χ1) is 8.87. The van der Waals surface area contributed by atoms with E-state index in [0.717, 1.165) is 12.8 Å². The fourth-order valence-corrected chi connectivity index (χ4v) is 3.96. The Hall–Kier alpha value is -0.920. The molecule has 0 aliphatic carbocycles. The van der Waals surface area contributed by atoms with Gasteiger partial charge in [0.15, 0.2) is 0 Å². The van der Waals surface area contributed by atoms with Crippen LogP contribution < -0.4 is 10.5 Å². The van der Waals surface area contributed by atoms with E-state index >= 15 is 0 Å². The zero-order valence-electron chi connectivity index (χ0n) is 12.1. The molecule has 110 valence electrons. The van der Waals surface area contributed by atoms with Gasteiger partial charge >= 0.3 is 0 Å². The number of rotatable bonds is 7. The summed E-state index contributed by atoms with van der Waals surface area (Å²) >= 11 is 0. The highest BCUT2D eigenvalue weighted by Crippen LogP contribution is 2.20. The summed E-state index contributed by atoms with van der Waals surface area (Å²) in [5.41, 5.74) is 6.65. The average Bonchev–Trinajstić information content (AvgIpc) is 2.62. The molecular weight excluding hydrogens is 264 g/mol. The summed E-state index contributed by atoms with van der Waals surface area (Å²) in [6, 6.07) is -0.0401. The van der Waals surface area contributed by atoms with Gasteiger partial charge in [0, 0.05) is 12.6 Å². The second kappa shape index (κ2) is 6.49. The van der Waals surface area contributed by atoms with Crippen molar-refractivity contribution >= 4 is 10.0 Å². The molecule has 6 nitrogen and oxygen atoms in total. The van der Waals surface area contributed by atoms with E-state index < -0.39 is 10.0 Å². The summed E-state index contributed by atoms with van der Waals surface area (Å²) < 4.78 is 29.2. The molecule has 0 aliphatic heterocycles. The van der Waals surface area contributed by atoms with Crippen LogP contribution in [0.5, 0.6) is 0 Å². The van der Waals surface area contributed by atoms with Gasteiger partial charge in [-0.1, -0.05) is 13.8 Å². The Kier molecular flexibility index (Phi) is 5.51. The molecular formula is C12H24N4O2S. The average molecular weight is 288 g/mol. The monoisotopic (exact) mass is 288 g/mol. The summed E-state index contributed by atoms with van der Waals surface area (Å²) in [5, 5.41) is 4.24. The maximum absolute atomic E-state index is 12.4. The molecule has 0 fully saturated rings. The Balaban J connectivity index is 3.14. The Bertz CT molecular complexity index is 518. The maximum atomic E-state index is 12.4. The molecule has 0 radical (unpaired) electrons. The highest BCUT2D eigenvalue weighted by atomic mass is 32.2. The van der Waals surface area contributed by atoms with E-state index in [4.69, 9.17) is 5.73 Å². The number of nitrogens with zero attached hydrogens (tertiary/aromatic N) is 2. The molecule has 1 heterocycles. The molecule has 0 bridgehead atoms. The fourth-order valence-electron chi connectivity index (χ4n) is 2.14. The predicted molar refractivity (Wildman–Crippen MR) is 75.4 cm³/mol. The van der Waals surface area contributed by atoms with Gasteiger partial charge in [-0.3, -0.25) is 4.68 Å². The lowest BCUT2D eigenvalue weighted by atomic mass is 10.2. The molecule has 1 aromatic heterocycles. The molecule has 0 aliphatic rings. The van der Waals surface area contributed by atoms with Crippen LogP contribution in [0.25, 0.3) is 0 Å². The van der Waals surface area contributed by atoms with Gasteiger partial charge in [-0.25, -0.2) is 13.1 Å². The molecule has 0 amide bonds. The SMILES string of the molecule is CCC(CC)NS(=O)(=O)c1c(C)nn(CCN)c1C. The topological polar surface area (TPSA) is 90.0 Å². The van der Waals surface area contributed by atoms with E-state index in [1.165, 1.54) is 0 Å². The Labute approximate surface area is 115 Å². The van der Waals surface area contributed by atoms with E-state index in [1.807, 2.05) is 13.8 Å². The van der Waals surface area contributed by atoms with Crippen LogP contribution in [0.1, 0.15) is 38.1 Å². The second-order valence-corrected chi connectivity index (χ2v) is 6.30. The normalized spacial score (nSPS) is 12.3. The smallest absolute Gasteiger partial charge is 0.244 e. The summed E-state index contributed by atoms with van der Waals surface area (Å²) in [5.74, 6) is 0. The van der Waals surface area contributed by atoms with Crippen LogP contribution in [0.4, 0.5) is 0 Å². The summed E-state index contributed by atoms with van der Waals surface area (Å²) in [6.45, 7) is 8.36. The van der Waals surface area contributed by atoms with Crippen LogP contribution in [0.3, 0.4) is 0 Å². The number of nitrogens with two attached hydrogens (primary N) is 1. The highest BCUT2D eigenvalue weighted by Gasteiger charge is 2.26. The van der Waals surface area contributed by atoms with E-state index in [2.05, 4.69) is 9.82 Å². The van der Waals surface area contributed by atoms with Gasteiger partial charge in [0.1, 0.15) is 4.90 Å². The van der Waals surface area contributed by atoms with Crippen LogP contribution in [0.15, 0.2) is 4.90 Å². The zero-order chi connectivity index (χ0) is 14.6. The first kappa shape index (κ1) is 16.1. The minimum absolute atomic E-state index is 0.0401. The molecule has 7 heteroatoms. The lowest BCUT2D eigenvalue weighted by Gasteiger charge is -2.15. The van der Waals surface area contributed by atoms with Crippen molar-refractivity contribution in [3.05, 3.63) is 11.4 Å². The van der Waals surface area contributed by atoms with Gasteiger partial charge in [-0.05, 0) is 26.7 Å². The van der Waals surface area contributed by atoms with Crippen LogP contribution in [-0.4, -0.2) is 30.8 Å². The largest absolute Gasteiger partial charge is 0.329 e. The van der Waals surface area contributed by atoms with Crippen molar-refractivity contribution in [2.75, 3.05) is 6.54 Å². The molecule has 0 aromatic carbocycles. The highest BCUT2D eigenvalue weighted by molar-refractivity contribution is 7.89. The van der Waals surface area contributed by atoms with Gasteiger partial charge in [-0.2, -0.15) is 5.10 Å². The Morgan fingerprint density at radius 1 is 1.32 bits per heavy atom. The predicted octanol–water partition coefficient (Wildman–Crippen LogP) is 0.926. The molecule has 0 saturated carbocycles. The van der Waals surface area contributed by atoms with Crippen molar-refractivity contribution in [1.82, 2.24) is 14.5 Å². The molecule has 0 saturated heterocycles. The summed E-state index contributed by atoms with van der Waals surface area (Å²) in [6.07, 6.45) is 1.54. The number of aromatic nitrogens is 2. The minimum atomic E-state index is -3.52. The molecule has 0 atom stereocenters. The molecule has 1 rings (SSSR count). The van der Waals surface area contributed by atoms with Crippen molar-refractivity contribution in [3.8, 4) is 0 Å². The minimum Gasteiger partial charge on any atom is -0.329 e. The molecule has 3 N–H and O–H groups in total. The third kappa shape index (κ3) is 3.55. The zero-order valence-corrected chi connectivity index (χ0v) is 12.9. The lowest BCUT2D eigenvalue weighted by molar-refractivity contribution is 0.529. The summed E-state index contributed by atoms with van der Waals surface area (Å²) in [7, 11) is -3.52. The third-order valence-corrected chi connectivity index (χ3v) is 5.00. The molecule has 0 unspecified atom stereocenters. The van der Waals surface area contributed by atoms with Crippen molar-refractivity contribution in [1.29, 1.82) is 0 Å². The van der Waals surface area contributed by atoms with Gasteiger partial charge < -0.3 is 5.73 Å².